The lowest BCUT2D eigenvalue weighted by atomic mass is 10.2. The van der Waals surface area contributed by atoms with Crippen molar-refractivity contribution in [2.75, 3.05) is 6.61 Å². The van der Waals surface area contributed by atoms with Crippen LogP contribution in [0.1, 0.15) is 16.8 Å². The number of fused-ring (bicyclic) bond motifs is 1. The predicted molar refractivity (Wildman–Crippen MR) is 61.6 cm³/mol. The van der Waals surface area contributed by atoms with Crippen molar-refractivity contribution in [1.82, 2.24) is 14.8 Å². The Morgan fingerprint density at radius 1 is 1.45 bits per heavy atom. The molecule has 0 saturated heterocycles. The van der Waals surface area contributed by atoms with Gasteiger partial charge in [0.05, 0.1) is 24.6 Å². The number of carboxylic acids is 1. The molecular weight excluding hydrogens is 279 g/mol. The van der Waals surface area contributed by atoms with Crippen LogP contribution in [0.3, 0.4) is 0 Å². The molecule has 9 heteroatoms. The summed E-state index contributed by atoms with van der Waals surface area (Å²) in [7, 11) is 1.58. The van der Waals surface area contributed by atoms with E-state index in [4.69, 9.17) is 9.84 Å². The Kier molecular flexibility index (Phi) is 3.51. The van der Waals surface area contributed by atoms with E-state index in [1.165, 1.54) is 10.9 Å². The van der Waals surface area contributed by atoms with E-state index in [9.17, 15) is 18.0 Å². The first kappa shape index (κ1) is 14.1. The van der Waals surface area contributed by atoms with Gasteiger partial charge in [-0.05, 0) is 0 Å². The predicted octanol–water partition coefficient (Wildman–Crippen LogP) is 2.00. The molecule has 6 nitrogen and oxygen atoms in total. The third kappa shape index (κ3) is 2.81. The molecule has 0 amide bonds. The summed E-state index contributed by atoms with van der Waals surface area (Å²) < 4.78 is 42.7. The molecule has 0 spiro atoms. The number of ether oxygens (including phenoxy) is 1. The molecular formula is C11H10F3N3O3. The van der Waals surface area contributed by atoms with E-state index in [1.54, 1.807) is 7.05 Å². The highest BCUT2D eigenvalue weighted by molar-refractivity contribution is 5.97. The molecule has 0 fully saturated rings. The zero-order valence-corrected chi connectivity index (χ0v) is 10.3. The van der Waals surface area contributed by atoms with Crippen molar-refractivity contribution < 1.29 is 27.8 Å². The number of aryl methyl sites for hydroxylation is 1. The second kappa shape index (κ2) is 4.99. The number of hydrogen-bond donors (Lipinski definition) is 1. The zero-order valence-electron chi connectivity index (χ0n) is 10.3. The van der Waals surface area contributed by atoms with Gasteiger partial charge in [0.15, 0.2) is 5.65 Å². The average molecular weight is 289 g/mol. The molecule has 2 aromatic rings. The molecule has 0 atom stereocenters. The standard InChI is InChI=1S/C11H10F3N3O3/c1-17-9-6(5-16-17)8(7(4-15-9)10(18)19)20-3-2-11(12,13)14/h4-5H,2-3H2,1H3,(H,18,19). The van der Waals surface area contributed by atoms with Crippen LogP contribution < -0.4 is 4.74 Å². The van der Waals surface area contributed by atoms with Crippen molar-refractivity contribution in [1.29, 1.82) is 0 Å². The van der Waals surface area contributed by atoms with Gasteiger partial charge in [0.25, 0.3) is 0 Å². The number of aromatic nitrogens is 3. The Bertz CT molecular complexity index is 651. The first-order valence-electron chi connectivity index (χ1n) is 5.53. The molecule has 0 radical (unpaired) electrons. The summed E-state index contributed by atoms with van der Waals surface area (Å²) in [5.41, 5.74) is 0.0321. The van der Waals surface area contributed by atoms with Crippen LogP contribution in [0.5, 0.6) is 5.75 Å². The Balaban J connectivity index is 2.37. The van der Waals surface area contributed by atoms with Crippen LogP contribution in [0.15, 0.2) is 12.4 Å². The fourth-order valence-electron chi connectivity index (χ4n) is 1.65. The molecule has 2 rings (SSSR count). The lowest BCUT2D eigenvalue weighted by Crippen LogP contribution is -2.14. The van der Waals surface area contributed by atoms with Crippen molar-refractivity contribution in [3.63, 3.8) is 0 Å². The minimum atomic E-state index is -4.37. The number of hydrogen-bond acceptors (Lipinski definition) is 4. The quantitative estimate of drug-likeness (QED) is 0.931. The fourth-order valence-corrected chi connectivity index (χ4v) is 1.65. The summed E-state index contributed by atoms with van der Waals surface area (Å²) in [5.74, 6) is -1.48. The molecule has 0 aliphatic heterocycles. The van der Waals surface area contributed by atoms with Gasteiger partial charge in [0.2, 0.25) is 0 Å². The van der Waals surface area contributed by atoms with Crippen LogP contribution >= 0.6 is 0 Å². The molecule has 0 aliphatic rings. The fraction of sp³-hybridized carbons (Fsp3) is 0.364. The molecule has 0 aromatic carbocycles. The molecule has 108 valence electrons. The molecule has 20 heavy (non-hydrogen) atoms. The third-order valence-corrected chi connectivity index (χ3v) is 2.57. The second-order valence-electron chi connectivity index (χ2n) is 4.03. The molecule has 1 N–H and O–H groups in total. The van der Waals surface area contributed by atoms with E-state index in [0.717, 1.165) is 6.20 Å². The van der Waals surface area contributed by atoms with Crippen molar-refractivity contribution in [2.24, 2.45) is 7.05 Å². The van der Waals surface area contributed by atoms with Crippen molar-refractivity contribution >= 4 is 17.0 Å². The number of aromatic carboxylic acids is 1. The number of alkyl halides is 3. The first-order chi connectivity index (χ1) is 9.29. The van der Waals surface area contributed by atoms with Gasteiger partial charge < -0.3 is 9.84 Å². The lowest BCUT2D eigenvalue weighted by Gasteiger charge is -2.11. The third-order valence-electron chi connectivity index (χ3n) is 2.57. The van der Waals surface area contributed by atoms with Crippen molar-refractivity contribution in [2.45, 2.75) is 12.6 Å². The second-order valence-corrected chi connectivity index (χ2v) is 4.03. The maximum Gasteiger partial charge on any atom is 0.392 e. The van der Waals surface area contributed by atoms with Gasteiger partial charge in [-0.25, -0.2) is 9.78 Å². The van der Waals surface area contributed by atoms with E-state index < -0.39 is 25.2 Å². The summed E-state index contributed by atoms with van der Waals surface area (Å²) >= 11 is 0. The molecule has 0 aliphatic carbocycles. The van der Waals surface area contributed by atoms with Crippen LogP contribution in [0.4, 0.5) is 13.2 Å². The van der Waals surface area contributed by atoms with Gasteiger partial charge in [0.1, 0.15) is 11.3 Å². The van der Waals surface area contributed by atoms with E-state index >= 15 is 0 Å². The van der Waals surface area contributed by atoms with E-state index in [1.807, 2.05) is 0 Å². The number of halogens is 3. The maximum absolute atomic E-state index is 12.1. The van der Waals surface area contributed by atoms with Crippen molar-refractivity contribution in [3.05, 3.63) is 18.0 Å². The topological polar surface area (TPSA) is 77.2 Å². The highest BCUT2D eigenvalue weighted by atomic mass is 19.4. The van der Waals surface area contributed by atoms with E-state index in [2.05, 4.69) is 10.1 Å². The Morgan fingerprint density at radius 3 is 2.75 bits per heavy atom. The van der Waals surface area contributed by atoms with Gasteiger partial charge in [-0.15, -0.1) is 0 Å². The van der Waals surface area contributed by atoms with Gasteiger partial charge in [0, 0.05) is 13.2 Å². The highest BCUT2D eigenvalue weighted by Gasteiger charge is 2.27. The van der Waals surface area contributed by atoms with Crippen LogP contribution in [0, 0.1) is 0 Å². The molecule has 0 saturated carbocycles. The Morgan fingerprint density at radius 2 is 2.15 bits per heavy atom. The van der Waals surface area contributed by atoms with Crippen LogP contribution in [0.25, 0.3) is 11.0 Å². The van der Waals surface area contributed by atoms with Gasteiger partial charge >= 0.3 is 12.1 Å². The summed E-state index contributed by atoms with van der Waals surface area (Å²) in [4.78, 5) is 15.0. The minimum absolute atomic E-state index is 0.153. The molecule has 0 bridgehead atoms. The van der Waals surface area contributed by atoms with Gasteiger partial charge in [-0.3, -0.25) is 4.68 Å². The number of pyridine rings is 1. The number of nitrogens with zero attached hydrogens (tertiary/aromatic N) is 3. The van der Waals surface area contributed by atoms with Crippen LogP contribution in [-0.2, 0) is 7.05 Å². The largest absolute Gasteiger partial charge is 0.491 e. The summed E-state index contributed by atoms with van der Waals surface area (Å²) in [6.07, 6.45) is -3.20. The van der Waals surface area contributed by atoms with Gasteiger partial charge in [-0.1, -0.05) is 0 Å². The summed E-state index contributed by atoms with van der Waals surface area (Å²) in [5, 5.41) is 13.2. The Labute approximate surface area is 110 Å². The van der Waals surface area contributed by atoms with Crippen molar-refractivity contribution in [3.8, 4) is 5.75 Å². The first-order valence-corrected chi connectivity index (χ1v) is 5.53. The molecule has 2 aromatic heterocycles. The normalized spacial score (nSPS) is 11.8. The highest BCUT2D eigenvalue weighted by Crippen LogP contribution is 2.29. The van der Waals surface area contributed by atoms with E-state index in [0.29, 0.717) is 5.65 Å². The van der Waals surface area contributed by atoms with E-state index in [-0.39, 0.29) is 16.7 Å². The van der Waals surface area contributed by atoms with Crippen LogP contribution in [-0.4, -0.2) is 38.6 Å². The maximum atomic E-state index is 12.1. The SMILES string of the molecule is Cn1ncc2c(OCCC(F)(F)F)c(C(=O)O)cnc21. The minimum Gasteiger partial charge on any atom is -0.491 e. The summed E-state index contributed by atoms with van der Waals surface area (Å²) in [6.45, 7) is -0.669. The lowest BCUT2D eigenvalue weighted by molar-refractivity contribution is -0.139. The zero-order chi connectivity index (χ0) is 14.9. The summed E-state index contributed by atoms with van der Waals surface area (Å²) in [6, 6.07) is 0. The average Bonchev–Trinajstić information content (AvgIpc) is 2.70. The monoisotopic (exact) mass is 289 g/mol. The number of rotatable bonds is 4. The molecule has 0 unspecified atom stereocenters. The number of carbonyl (C=O) groups is 1. The Hall–Kier alpha value is -2.32. The van der Waals surface area contributed by atoms with Gasteiger partial charge in [-0.2, -0.15) is 18.3 Å². The molecule has 2 heterocycles. The number of carboxylic acid groups (broad SMARTS) is 1. The van der Waals surface area contributed by atoms with Crippen LogP contribution in [0.2, 0.25) is 0 Å². The smallest absolute Gasteiger partial charge is 0.392 e.